The number of amides is 2. The molecule has 0 bridgehead atoms. The van der Waals surface area contributed by atoms with Gasteiger partial charge < -0.3 is 5.32 Å². The van der Waals surface area contributed by atoms with Crippen LogP contribution < -0.4 is 16.2 Å². The van der Waals surface area contributed by atoms with E-state index in [1.54, 1.807) is 10.9 Å². The average molecular weight is 488 g/mol. The number of halogens is 1. The molecule has 0 spiro atoms. The second-order valence-corrected chi connectivity index (χ2v) is 9.15. The summed E-state index contributed by atoms with van der Waals surface area (Å²) in [4.78, 5) is 34.2. The molecule has 0 saturated carbocycles. The van der Waals surface area contributed by atoms with Crippen LogP contribution >= 0.6 is 11.3 Å². The Morgan fingerprint density at radius 2 is 1.77 bits per heavy atom. The molecule has 2 heterocycles. The van der Waals surface area contributed by atoms with Gasteiger partial charge in [-0.05, 0) is 66.1 Å². The Hall–Kier alpha value is -4.11. The van der Waals surface area contributed by atoms with Gasteiger partial charge in [0.05, 0.1) is 27.4 Å². The smallest absolute Gasteiger partial charge is 0.308 e. The predicted octanol–water partition coefficient (Wildman–Crippen LogP) is 6.26. The Kier molecular flexibility index (Phi) is 6.24. The summed E-state index contributed by atoms with van der Waals surface area (Å²) in [6.07, 6.45) is 3.54. The molecule has 0 fully saturated rings. The minimum atomic E-state index is -0.461. The highest BCUT2D eigenvalue weighted by Crippen LogP contribution is 2.31. The van der Waals surface area contributed by atoms with Crippen molar-refractivity contribution in [1.82, 2.24) is 14.5 Å². The number of unbranched alkanes of at least 4 members (excludes halogenated alkanes) is 1. The van der Waals surface area contributed by atoms with Gasteiger partial charge in [-0.3, -0.25) is 14.7 Å². The number of aromatic nitrogens is 3. The van der Waals surface area contributed by atoms with Gasteiger partial charge in [-0.1, -0.05) is 36.8 Å². The van der Waals surface area contributed by atoms with Gasteiger partial charge in [0.1, 0.15) is 5.82 Å². The van der Waals surface area contributed by atoms with E-state index in [2.05, 4.69) is 27.5 Å². The lowest BCUT2D eigenvalue weighted by molar-refractivity contribution is 0.262. The third-order valence-corrected chi connectivity index (χ3v) is 6.57. The van der Waals surface area contributed by atoms with Gasteiger partial charge in [-0.25, -0.2) is 19.2 Å². The van der Waals surface area contributed by atoms with E-state index in [1.807, 2.05) is 36.4 Å². The first-order valence-corrected chi connectivity index (χ1v) is 12.1. The van der Waals surface area contributed by atoms with Gasteiger partial charge in [0.15, 0.2) is 5.13 Å². The number of hydrogen-bond donors (Lipinski definition) is 2. The average Bonchev–Trinajstić information content (AvgIpc) is 3.26. The second-order valence-electron chi connectivity index (χ2n) is 8.12. The third kappa shape index (κ3) is 4.90. The van der Waals surface area contributed by atoms with Gasteiger partial charge in [-0.15, -0.1) is 0 Å². The highest BCUT2D eigenvalue weighted by atomic mass is 32.1. The molecule has 2 N–H and O–H groups in total. The van der Waals surface area contributed by atoms with Crippen molar-refractivity contribution >= 4 is 49.3 Å². The summed E-state index contributed by atoms with van der Waals surface area (Å²) in [5.41, 5.74) is 3.64. The van der Waals surface area contributed by atoms with Crippen molar-refractivity contribution < 1.29 is 9.18 Å². The van der Waals surface area contributed by atoms with E-state index in [0.717, 1.165) is 34.2 Å². The number of nitrogens with zero attached hydrogens (tertiary/aromatic N) is 3. The Morgan fingerprint density at radius 3 is 2.57 bits per heavy atom. The molecule has 0 saturated heterocycles. The number of carbonyl (C=O) groups excluding carboxylic acids is 1. The van der Waals surface area contributed by atoms with Crippen molar-refractivity contribution in [2.75, 3.05) is 10.6 Å². The van der Waals surface area contributed by atoms with Crippen LogP contribution in [0.5, 0.6) is 0 Å². The number of fused-ring (bicyclic) bond motifs is 2. The van der Waals surface area contributed by atoms with Crippen molar-refractivity contribution in [3.05, 3.63) is 83.2 Å². The lowest BCUT2D eigenvalue weighted by Gasteiger charge is -2.07. The Labute approximate surface area is 204 Å². The van der Waals surface area contributed by atoms with Crippen molar-refractivity contribution in [1.29, 1.82) is 0 Å². The molecule has 5 rings (SSSR count). The highest BCUT2D eigenvalue weighted by Gasteiger charge is 2.11. The van der Waals surface area contributed by atoms with E-state index < -0.39 is 6.03 Å². The zero-order valence-corrected chi connectivity index (χ0v) is 19.7. The molecule has 0 radical (unpaired) electrons. The first kappa shape index (κ1) is 22.7. The number of aryl methyl sites for hydroxylation is 1. The van der Waals surface area contributed by atoms with Crippen molar-refractivity contribution in [3.63, 3.8) is 0 Å². The fourth-order valence-corrected chi connectivity index (χ4v) is 4.62. The van der Waals surface area contributed by atoms with E-state index in [9.17, 15) is 14.0 Å². The highest BCUT2D eigenvalue weighted by molar-refractivity contribution is 7.22. The summed E-state index contributed by atoms with van der Waals surface area (Å²) >= 11 is 1.35. The van der Waals surface area contributed by atoms with Gasteiger partial charge in [0.2, 0.25) is 0 Å². The molecule has 2 amide bonds. The monoisotopic (exact) mass is 487 g/mol. The molecule has 0 aliphatic carbocycles. The maximum absolute atomic E-state index is 13.0. The summed E-state index contributed by atoms with van der Waals surface area (Å²) in [6.45, 7) is 2.74. The Balaban J connectivity index is 1.39. The minimum absolute atomic E-state index is 0.0429. The number of thiazole rings is 1. The lowest BCUT2D eigenvalue weighted by Crippen LogP contribution is -2.20. The van der Waals surface area contributed by atoms with Crippen LogP contribution in [0, 0.1) is 5.82 Å². The molecular weight excluding hydrogens is 465 g/mol. The molecule has 7 nitrogen and oxygen atoms in total. The van der Waals surface area contributed by atoms with Crippen LogP contribution in [-0.2, 0) is 6.54 Å². The number of urea groups is 1. The number of benzene rings is 3. The van der Waals surface area contributed by atoms with Gasteiger partial charge in [0.25, 0.3) is 5.56 Å². The molecule has 0 unspecified atom stereocenters. The Bertz CT molecular complexity index is 1590. The molecule has 35 heavy (non-hydrogen) atoms. The van der Waals surface area contributed by atoms with Crippen LogP contribution in [0.3, 0.4) is 0 Å². The number of carbonyl (C=O) groups is 1. The normalized spacial score (nSPS) is 11.1. The largest absolute Gasteiger partial charge is 0.325 e. The summed E-state index contributed by atoms with van der Waals surface area (Å²) in [6, 6.07) is 16.6. The van der Waals surface area contributed by atoms with Gasteiger partial charge in [0, 0.05) is 12.2 Å². The number of rotatable bonds is 6. The molecule has 0 aliphatic rings. The Morgan fingerprint density at radius 1 is 1.00 bits per heavy atom. The molecule has 5 aromatic rings. The van der Waals surface area contributed by atoms with Crippen LogP contribution in [0.25, 0.3) is 32.2 Å². The second kappa shape index (κ2) is 9.63. The summed E-state index contributed by atoms with van der Waals surface area (Å²) in [5.74, 6) is -0.372. The van der Waals surface area contributed by atoms with E-state index >= 15 is 0 Å². The van der Waals surface area contributed by atoms with Crippen molar-refractivity contribution in [2.24, 2.45) is 0 Å². The zero-order chi connectivity index (χ0) is 24.4. The molecule has 9 heteroatoms. The molecule has 0 aliphatic heterocycles. The first-order chi connectivity index (χ1) is 17.0. The van der Waals surface area contributed by atoms with E-state index in [4.69, 9.17) is 0 Å². The maximum atomic E-state index is 13.0. The SMILES string of the molecule is CCCCn1cnc2ccc(-c3ccc4sc(NC(=O)Nc5ccc(F)cc5)nc4c3)cc2c1=O. The zero-order valence-electron chi connectivity index (χ0n) is 18.9. The molecule has 3 aromatic carbocycles. The van der Waals surface area contributed by atoms with Gasteiger partial charge in [-0.2, -0.15) is 0 Å². The van der Waals surface area contributed by atoms with Gasteiger partial charge >= 0.3 is 6.03 Å². The number of hydrogen-bond acceptors (Lipinski definition) is 5. The van der Waals surface area contributed by atoms with Crippen molar-refractivity contribution in [3.8, 4) is 11.1 Å². The van der Waals surface area contributed by atoms with Crippen LogP contribution in [0.4, 0.5) is 20.0 Å². The quantitative estimate of drug-likeness (QED) is 0.296. The van der Waals surface area contributed by atoms with E-state index in [-0.39, 0.29) is 11.4 Å². The van der Waals surface area contributed by atoms with Crippen LogP contribution in [-0.4, -0.2) is 20.6 Å². The van der Waals surface area contributed by atoms with Crippen LogP contribution in [0.1, 0.15) is 19.8 Å². The molecule has 176 valence electrons. The van der Waals surface area contributed by atoms with E-state index in [0.29, 0.717) is 28.3 Å². The molecule has 0 atom stereocenters. The maximum Gasteiger partial charge on any atom is 0.325 e. The topological polar surface area (TPSA) is 88.9 Å². The van der Waals surface area contributed by atoms with Crippen LogP contribution in [0.15, 0.2) is 71.8 Å². The first-order valence-electron chi connectivity index (χ1n) is 11.2. The minimum Gasteiger partial charge on any atom is -0.308 e. The lowest BCUT2D eigenvalue weighted by atomic mass is 10.0. The van der Waals surface area contributed by atoms with E-state index in [1.165, 1.54) is 35.6 Å². The fourth-order valence-electron chi connectivity index (χ4n) is 3.78. The summed E-state index contributed by atoms with van der Waals surface area (Å²) in [7, 11) is 0. The van der Waals surface area contributed by atoms with Crippen molar-refractivity contribution in [2.45, 2.75) is 26.3 Å². The third-order valence-electron chi connectivity index (χ3n) is 5.62. The summed E-state index contributed by atoms with van der Waals surface area (Å²) in [5, 5.41) is 6.40. The molecular formula is C26H22FN5O2S. The standard InChI is InChI=1S/C26H22FN5O2S/c1-2-3-12-32-15-28-21-10-4-16(13-20(21)24(32)33)17-5-11-23-22(14-17)30-26(35-23)31-25(34)29-19-8-6-18(27)7-9-19/h4-11,13-15H,2-3,12H2,1H3,(H2,29,30,31,34). The molecule has 2 aromatic heterocycles. The predicted molar refractivity (Wildman–Crippen MR) is 139 cm³/mol. The fraction of sp³-hybridized carbons (Fsp3) is 0.154. The summed E-state index contributed by atoms with van der Waals surface area (Å²) < 4.78 is 15.6. The van der Waals surface area contributed by atoms with Crippen LogP contribution in [0.2, 0.25) is 0 Å². The number of anilines is 2. The number of nitrogens with one attached hydrogen (secondary N) is 2.